The molecule has 78 valence electrons. The van der Waals surface area contributed by atoms with Gasteiger partial charge in [0, 0.05) is 6.20 Å². The molecule has 4 nitrogen and oxygen atoms in total. The van der Waals surface area contributed by atoms with Crippen LogP contribution in [0.15, 0.2) is 6.20 Å². The molecular weight excluding hydrogens is 206 g/mol. The molecule has 0 spiro atoms. The highest BCUT2D eigenvalue weighted by Gasteiger charge is 2.20. The van der Waals surface area contributed by atoms with E-state index in [1.54, 1.807) is 0 Å². The van der Waals surface area contributed by atoms with Crippen molar-refractivity contribution in [1.82, 2.24) is 4.98 Å². The van der Waals surface area contributed by atoms with Gasteiger partial charge < -0.3 is 4.74 Å². The molecule has 6 heteroatoms. The molecule has 0 unspecified atom stereocenters. The molecule has 0 bridgehead atoms. The molecule has 0 N–H and O–H groups in total. The summed E-state index contributed by atoms with van der Waals surface area (Å²) in [5.74, 6) is -0.133. The molecule has 0 amide bonds. The Bertz CT molecular complexity index is 427. The second-order valence-electron chi connectivity index (χ2n) is 2.54. The van der Waals surface area contributed by atoms with Gasteiger partial charge in [-0.1, -0.05) is 0 Å². The lowest BCUT2D eigenvalue weighted by Crippen LogP contribution is -2.02. The van der Waals surface area contributed by atoms with Crippen molar-refractivity contribution in [2.45, 2.75) is 6.43 Å². The van der Waals surface area contributed by atoms with E-state index in [9.17, 15) is 13.6 Å². The van der Waals surface area contributed by atoms with Gasteiger partial charge in [0.25, 0.3) is 6.43 Å². The number of alkyl halides is 2. The zero-order chi connectivity index (χ0) is 11.4. The van der Waals surface area contributed by atoms with Crippen molar-refractivity contribution in [3.05, 3.63) is 22.9 Å². The van der Waals surface area contributed by atoms with Gasteiger partial charge in [-0.15, -0.1) is 0 Å². The summed E-state index contributed by atoms with van der Waals surface area (Å²) in [7, 11) is 1.23. The van der Waals surface area contributed by atoms with E-state index in [-0.39, 0.29) is 17.7 Å². The fourth-order valence-corrected chi connectivity index (χ4v) is 1.09. The first-order chi connectivity index (χ1) is 7.15. The van der Waals surface area contributed by atoms with Crippen LogP contribution in [0.3, 0.4) is 0 Å². The molecule has 1 aromatic heterocycles. The molecule has 0 aromatic carbocycles. The molecule has 0 saturated carbocycles. The molecule has 1 aromatic rings. The number of aldehydes is 1. The van der Waals surface area contributed by atoms with Crippen molar-refractivity contribution in [1.29, 1.82) is 5.26 Å². The largest absolute Gasteiger partial charge is 0.480 e. The third-order valence-corrected chi connectivity index (χ3v) is 1.77. The average molecular weight is 212 g/mol. The first-order valence-corrected chi connectivity index (χ1v) is 3.86. The maximum Gasteiger partial charge on any atom is 0.266 e. The molecule has 0 aliphatic rings. The van der Waals surface area contributed by atoms with Crippen LogP contribution in [0.4, 0.5) is 8.78 Å². The summed E-state index contributed by atoms with van der Waals surface area (Å²) in [6, 6.07) is 1.54. The van der Waals surface area contributed by atoms with Crippen molar-refractivity contribution in [2.24, 2.45) is 0 Å². The lowest BCUT2D eigenvalue weighted by Gasteiger charge is -2.07. The topological polar surface area (TPSA) is 63.0 Å². The number of ether oxygens (including phenoxy) is 1. The third-order valence-electron chi connectivity index (χ3n) is 1.77. The Labute approximate surface area is 84.1 Å². The Kier molecular flexibility index (Phi) is 3.29. The SMILES string of the molecule is COc1ncc(C(F)F)c(C#N)c1C=O. The predicted molar refractivity (Wildman–Crippen MR) is 45.8 cm³/mol. The van der Waals surface area contributed by atoms with Crippen LogP contribution in [0, 0.1) is 11.3 Å². The molecule has 0 atom stereocenters. The Morgan fingerprint density at radius 2 is 2.33 bits per heavy atom. The molecular formula is C9H6F2N2O2. The Hall–Kier alpha value is -2.03. The number of carbonyl (C=O) groups is 1. The van der Waals surface area contributed by atoms with Crippen molar-refractivity contribution in [2.75, 3.05) is 7.11 Å². The maximum absolute atomic E-state index is 12.4. The van der Waals surface area contributed by atoms with Crippen LogP contribution in [0.2, 0.25) is 0 Å². The van der Waals surface area contributed by atoms with Crippen molar-refractivity contribution < 1.29 is 18.3 Å². The van der Waals surface area contributed by atoms with E-state index >= 15 is 0 Å². The summed E-state index contributed by atoms with van der Waals surface area (Å²) < 4.78 is 29.5. The summed E-state index contributed by atoms with van der Waals surface area (Å²) >= 11 is 0. The highest BCUT2D eigenvalue weighted by molar-refractivity contribution is 5.83. The van der Waals surface area contributed by atoms with Crippen LogP contribution in [0.25, 0.3) is 0 Å². The highest BCUT2D eigenvalue weighted by atomic mass is 19.3. The van der Waals surface area contributed by atoms with Crippen LogP contribution in [0.5, 0.6) is 5.88 Å². The monoisotopic (exact) mass is 212 g/mol. The number of nitrogens with zero attached hydrogens (tertiary/aromatic N) is 2. The van der Waals surface area contributed by atoms with E-state index in [1.165, 1.54) is 13.2 Å². The smallest absolute Gasteiger partial charge is 0.266 e. The van der Waals surface area contributed by atoms with E-state index < -0.39 is 17.6 Å². The van der Waals surface area contributed by atoms with Crippen molar-refractivity contribution in [3.8, 4) is 11.9 Å². The minimum atomic E-state index is -2.85. The zero-order valence-electron chi connectivity index (χ0n) is 7.70. The van der Waals surface area contributed by atoms with Crippen molar-refractivity contribution in [3.63, 3.8) is 0 Å². The molecule has 0 aliphatic carbocycles. The Morgan fingerprint density at radius 3 is 2.73 bits per heavy atom. The number of nitriles is 1. The molecule has 0 saturated heterocycles. The maximum atomic E-state index is 12.4. The molecule has 1 rings (SSSR count). The van der Waals surface area contributed by atoms with Crippen LogP contribution in [0.1, 0.15) is 27.9 Å². The summed E-state index contributed by atoms with van der Waals surface area (Å²) in [6.45, 7) is 0. The summed E-state index contributed by atoms with van der Waals surface area (Å²) in [5, 5.41) is 8.67. The number of methoxy groups -OCH3 is 1. The second kappa shape index (κ2) is 4.46. The Balaban J connectivity index is 3.50. The molecule has 0 aliphatic heterocycles. The van der Waals surface area contributed by atoms with Crippen LogP contribution in [-0.2, 0) is 0 Å². The van der Waals surface area contributed by atoms with Gasteiger partial charge >= 0.3 is 0 Å². The van der Waals surface area contributed by atoms with Gasteiger partial charge in [0.2, 0.25) is 5.88 Å². The van der Waals surface area contributed by atoms with E-state index in [0.29, 0.717) is 0 Å². The van der Waals surface area contributed by atoms with Gasteiger partial charge in [0.05, 0.1) is 23.8 Å². The molecule has 15 heavy (non-hydrogen) atoms. The van der Waals surface area contributed by atoms with E-state index in [0.717, 1.165) is 6.20 Å². The lowest BCUT2D eigenvalue weighted by atomic mass is 10.1. The fourth-order valence-electron chi connectivity index (χ4n) is 1.09. The van der Waals surface area contributed by atoms with E-state index in [4.69, 9.17) is 5.26 Å². The van der Waals surface area contributed by atoms with Gasteiger partial charge in [-0.25, -0.2) is 13.8 Å². The number of aromatic nitrogens is 1. The average Bonchev–Trinajstić information content (AvgIpc) is 2.26. The molecule has 0 fully saturated rings. The van der Waals surface area contributed by atoms with Crippen LogP contribution in [-0.4, -0.2) is 18.4 Å². The summed E-state index contributed by atoms with van der Waals surface area (Å²) in [6.07, 6.45) is -1.75. The highest BCUT2D eigenvalue weighted by Crippen LogP contribution is 2.27. The quantitative estimate of drug-likeness (QED) is 0.715. The Morgan fingerprint density at radius 1 is 1.67 bits per heavy atom. The fraction of sp³-hybridized carbons (Fsp3) is 0.222. The minimum absolute atomic E-state index is 0.133. The summed E-state index contributed by atoms with van der Waals surface area (Å²) in [5.41, 5.74) is -1.22. The predicted octanol–water partition coefficient (Wildman–Crippen LogP) is 1.71. The molecule has 0 radical (unpaired) electrons. The second-order valence-corrected chi connectivity index (χ2v) is 2.54. The standard InChI is InChI=1S/C9H6F2N2O2/c1-15-9-7(4-14)5(2-12)6(3-13-9)8(10)11/h3-4,8H,1H3. The van der Waals surface area contributed by atoms with Gasteiger partial charge in [-0.3, -0.25) is 4.79 Å². The van der Waals surface area contributed by atoms with Gasteiger partial charge in [0.1, 0.15) is 6.07 Å². The van der Waals surface area contributed by atoms with E-state index in [2.05, 4.69) is 9.72 Å². The van der Waals surface area contributed by atoms with E-state index in [1.807, 2.05) is 0 Å². The number of rotatable bonds is 3. The van der Waals surface area contributed by atoms with Gasteiger partial charge in [-0.2, -0.15) is 5.26 Å². The van der Waals surface area contributed by atoms with Gasteiger partial charge in [-0.05, 0) is 0 Å². The van der Waals surface area contributed by atoms with Crippen LogP contribution >= 0.6 is 0 Å². The number of halogens is 2. The van der Waals surface area contributed by atoms with Gasteiger partial charge in [0.15, 0.2) is 6.29 Å². The minimum Gasteiger partial charge on any atom is -0.480 e. The first-order valence-electron chi connectivity index (χ1n) is 3.86. The summed E-state index contributed by atoms with van der Waals surface area (Å²) in [4.78, 5) is 14.1. The number of carbonyl (C=O) groups excluding carboxylic acids is 1. The number of hydrogen-bond acceptors (Lipinski definition) is 4. The lowest BCUT2D eigenvalue weighted by molar-refractivity contribution is 0.111. The van der Waals surface area contributed by atoms with Crippen molar-refractivity contribution >= 4 is 6.29 Å². The third kappa shape index (κ3) is 1.91. The normalized spacial score (nSPS) is 9.80. The number of pyridine rings is 1. The first kappa shape index (κ1) is 11.0. The number of hydrogen-bond donors (Lipinski definition) is 0. The zero-order valence-corrected chi connectivity index (χ0v) is 7.70. The molecule has 1 heterocycles. The van der Waals surface area contributed by atoms with Crippen LogP contribution < -0.4 is 4.74 Å².